The Labute approximate surface area is 156 Å². The van der Waals surface area contributed by atoms with Crippen LogP contribution in [0.3, 0.4) is 0 Å². The van der Waals surface area contributed by atoms with Crippen molar-refractivity contribution in [3.63, 3.8) is 0 Å². The Morgan fingerprint density at radius 1 is 0.889 bits per heavy atom. The van der Waals surface area contributed by atoms with E-state index in [0.717, 1.165) is 11.3 Å². The third kappa shape index (κ3) is 3.72. The molecule has 0 radical (unpaired) electrons. The summed E-state index contributed by atoms with van der Waals surface area (Å²) in [5, 5.41) is 25.6. The maximum absolute atomic E-state index is 9.58. The number of nitrogen functional groups attached to an aromatic ring is 1. The van der Waals surface area contributed by atoms with Crippen LogP contribution in [0, 0.1) is 0 Å². The maximum atomic E-state index is 9.58. The van der Waals surface area contributed by atoms with Crippen LogP contribution in [0.4, 0.5) is 5.69 Å². The Kier molecular flexibility index (Phi) is 5.32. The third-order valence-corrected chi connectivity index (χ3v) is 4.01. The van der Waals surface area contributed by atoms with Crippen LogP contribution >= 0.6 is 0 Å². The molecule has 0 atom stereocenters. The lowest BCUT2D eigenvalue weighted by Gasteiger charge is -2.11. The third-order valence-electron chi connectivity index (χ3n) is 4.01. The van der Waals surface area contributed by atoms with Crippen LogP contribution in [-0.4, -0.2) is 33.9 Å². The topological polar surface area (TPSA) is 113 Å². The molecule has 0 aliphatic carbocycles. The highest BCUT2D eigenvalue weighted by Crippen LogP contribution is 2.24. The van der Waals surface area contributed by atoms with E-state index in [2.05, 4.69) is 15.3 Å². The Balaban J connectivity index is 2.06. The van der Waals surface area contributed by atoms with Crippen LogP contribution in [0.1, 0.15) is 11.3 Å². The summed E-state index contributed by atoms with van der Waals surface area (Å²) in [5.74, 6) is 0.728. The van der Waals surface area contributed by atoms with Gasteiger partial charge < -0.3 is 20.9 Å². The summed E-state index contributed by atoms with van der Waals surface area (Å²) in [4.78, 5) is 4.52. The highest BCUT2D eigenvalue weighted by atomic mass is 16.5. The molecule has 0 aliphatic heterocycles. The van der Waals surface area contributed by atoms with Crippen LogP contribution in [0.2, 0.25) is 0 Å². The molecule has 136 valence electrons. The van der Waals surface area contributed by atoms with Gasteiger partial charge in [0.25, 0.3) is 0 Å². The molecule has 0 spiro atoms. The molecule has 2 aromatic carbocycles. The molecule has 0 fully saturated rings. The molecular weight excluding hydrogens is 344 g/mol. The van der Waals surface area contributed by atoms with Gasteiger partial charge in [0, 0.05) is 11.1 Å². The van der Waals surface area contributed by atoms with E-state index in [1.807, 2.05) is 30.3 Å². The van der Waals surface area contributed by atoms with Gasteiger partial charge in [0.2, 0.25) is 0 Å². The zero-order valence-corrected chi connectivity index (χ0v) is 14.6. The Hall–Kier alpha value is -3.87. The average Bonchev–Trinajstić information content (AvgIpc) is 2.73. The summed E-state index contributed by atoms with van der Waals surface area (Å²) < 4.78 is 5.16. The van der Waals surface area contributed by atoms with Gasteiger partial charge in [0.1, 0.15) is 17.2 Å². The van der Waals surface area contributed by atoms with E-state index in [9.17, 15) is 10.4 Å². The van der Waals surface area contributed by atoms with Crippen molar-refractivity contribution in [1.29, 1.82) is 0 Å². The van der Waals surface area contributed by atoms with Gasteiger partial charge in [-0.3, -0.25) is 0 Å². The summed E-state index contributed by atoms with van der Waals surface area (Å²) in [6.07, 6.45) is 0. The van der Waals surface area contributed by atoms with Crippen molar-refractivity contribution in [2.75, 3.05) is 12.8 Å². The first-order valence-electron chi connectivity index (χ1n) is 8.09. The summed E-state index contributed by atoms with van der Waals surface area (Å²) in [7, 11) is 1.60. The van der Waals surface area contributed by atoms with Crippen molar-refractivity contribution in [3.8, 4) is 17.0 Å². The summed E-state index contributed by atoms with van der Waals surface area (Å²) in [5.41, 5.74) is 8.59. The number of hydrogen-bond acceptors (Lipinski definition) is 7. The second-order valence-electron chi connectivity index (χ2n) is 5.63. The number of hydrogen-bond donors (Lipinski definition) is 3. The van der Waals surface area contributed by atoms with Crippen LogP contribution < -0.4 is 10.5 Å². The second kappa shape index (κ2) is 8.01. The highest BCUT2D eigenvalue weighted by molar-refractivity contribution is 6.53. The summed E-state index contributed by atoms with van der Waals surface area (Å²) in [6, 6.07) is 19.6. The van der Waals surface area contributed by atoms with E-state index in [4.69, 9.17) is 10.5 Å². The molecular formula is C20H18N4O3. The zero-order chi connectivity index (χ0) is 19.2. The first-order valence-corrected chi connectivity index (χ1v) is 8.09. The molecule has 4 N–H and O–H groups in total. The molecule has 3 rings (SSSR count). The standard InChI is InChI=1S/C20H18N4O3/c1-27-15-9-7-13(8-10-15)17-12-11-16(21)19(22-17)20(24-26)18(23-25)14-5-3-2-4-6-14/h2-12,25-26H,21H2,1H3. The molecule has 1 aromatic heterocycles. The lowest BCUT2D eigenvalue weighted by Crippen LogP contribution is -2.20. The average molecular weight is 362 g/mol. The number of benzene rings is 2. The van der Waals surface area contributed by atoms with E-state index in [1.54, 1.807) is 43.5 Å². The number of aromatic nitrogens is 1. The van der Waals surface area contributed by atoms with Crippen molar-refractivity contribution >= 4 is 17.1 Å². The van der Waals surface area contributed by atoms with Crippen molar-refractivity contribution < 1.29 is 15.2 Å². The molecule has 0 unspecified atom stereocenters. The fraction of sp³-hybridized carbons (Fsp3) is 0.0500. The predicted octanol–water partition coefficient (Wildman–Crippen LogP) is 3.40. The van der Waals surface area contributed by atoms with Gasteiger partial charge in [0.05, 0.1) is 18.5 Å². The van der Waals surface area contributed by atoms with E-state index in [-0.39, 0.29) is 22.8 Å². The number of pyridine rings is 1. The van der Waals surface area contributed by atoms with Gasteiger partial charge >= 0.3 is 0 Å². The fourth-order valence-electron chi connectivity index (χ4n) is 2.63. The van der Waals surface area contributed by atoms with Crippen molar-refractivity contribution in [1.82, 2.24) is 4.98 Å². The van der Waals surface area contributed by atoms with Crippen molar-refractivity contribution in [3.05, 3.63) is 78.0 Å². The van der Waals surface area contributed by atoms with E-state index >= 15 is 0 Å². The molecule has 1 heterocycles. The Morgan fingerprint density at radius 3 is 2.15 bits per heavy atom. The van der Waals surface area contributed by atoms with Crippen molar-refractivity contribution in [2.45, 2.75) is 0 Å². The van der Waals surface area contributed by atoms with Crippen LogP contribution in [-0.2, 0) is 0 Å². The smallest absolute Gasteiger partial charge is 0.159 e. The monoisotopic (exact) mass is 362 g/mol. The highest BCUT2D eigenvalue weighted by Gasteiger charge is 2.20. The lowest BCUT2D eigenvalue weighted by atomic mass is 10.0. The molecule has 0 bridgehead atoms. The molecule has 7 nitrogen and oxygen atoms in total. The first-order chi connectivity index (χ1) is 13.2. The van der Waals surface area contributed by atoms with E-state index in [0.29, 0.717) is 11.3 Å². The zero-order valence-electron chi connectivity index (χ0n) is 14.6. The number of rotatable bonds is 5. The summed E-state index contributed by atoms with van der Waals surface area (Å²) >= 11 is 0. The maximum Gasteiger partial charge on any atom is 0.159 e. The van der Waals surface area contributed by atoms with Gasteiger partial charge in [-0.25, -0.2) is 4.98 Å². The molecule has 0 amide bonds. The number of nitrogens with two attached hydrogens (primary N) is 1. The van der Waals surface area contributed by atoms with Crippen LogP contribution in [0.15, 0.2) is 77.0 Å². The van der Waals surface area contributed by atoms with Crippen LogP contribution in [0.5, 0.6) is 5.75 Å². The molecule has 3 aromatic rings. The number of ether oxygens (including phenoxy) is 1. The predicted molar refractivity (Wildman–Crippen MR) is 104 cm³/mol. The van der Waals surface area contributed by atoms with Gasteiger partial charge in [0.15, 0.2) is 5.71 Å². The number of methoxy groups -OCH3 is 1. The van der Waals surface area contributed by atoms with E-state index in [1.165, 1.54) is 0 Å². The largest absolute Gasteiger partial charge is 0.497 e. The van der Waals surface area contributed by atoms with Gasteiger partial charge in [-0.05, 0) is 36.4 Å². The molecule has 0 saturated carbocycles. The first kappa shape index (κ1) is 17.9. The molecule has 7 heteroatoms. The van der Waals surface area contributed by atoms with Gasteiger partial charge in [-0.2, -0.15) is 0 Å². The van der Waals surface area contributed by atoms with Crippen LogP contribution in [0.25, 0.3) is 11.3 Å². The summed E-state index contributed by atoms with van der Waals surface area (Å²) in [6.45, 7) is 0. The number of nitrogens with zero attached hydrogens (tertiary/aromatic N) is 3. The normalized spacial score (nSPS) is 12.0. The lowest BCUT2D eigenvalue weighted by molar-refractivity contribution is 0.314. The second-order valence-corrected chi connectivity index (χ2v) is 5.63. The van der Waals surface area contributed by atoms with Gasteiger partial charge in [-0.1, -0.05) is 40.6 Å². The minimum absolute atomic E-state index is 0.0310. The molecule has 27 heavy (non-hydrogen) atoms. The minimum atomic E-state index is -0.0310. The Morgan fingerprint density at radius 2 is 1.56 bits per heavy atom. The Bertz CT molecular complexity index is 984. The SMILES string of the molecule is COc1ccc(-c2ccc(N)c(C(=NO)C(=NO)c3ccccc3)n2)cc1. The number of anilines is 1. The number of oxime groups is 2. The molecule has 0 aliphatic rings. The van der Waals surface area contributed by atoms with Gasteiger partial charge in [-0.15, -0.1) is 0 Å². The van der Waals surface area contributed by atoms with Crippen molar-refractivity contribution in [2.24, 2.45) is 10.3 Å². The van der Waals surface area contributed by atoms with E-state index < -0.39 is 0 Å². The quantitative estimate of drug-likeness (QED) is 0.366. The fourth-order valence-corrected chi connectivity index (χ4v) is 2.63. The molecule has 0 saturated heterocycles. The minimum Gasteiger partial charge on any atom is -0.497 e.